The van der Waals surface area contributed by atoms with Crippen molar-refractivity contribution < 1.29 is 9.84 Å². The van der Waals surface area contributed by atoms with Crippen molar-refractivity contribution in [1.29, 1.82) is 0 Å². The zero-order valence-electron chi connectivity index (χ0n) is 13.6. The molecule has 0 amide bonds. The van der Waals surface area contributed by atoms with Gasteiger partial charge in [0.1, 0.15) is 0 Å². The molecule has 0 aromatic heterocycles. The van der Waals surface area contributed by atoms with Crippen LogP contribution in [0, 0.1) is 17.8 Å². The third-order valence-electron chi connectivity index (χ3n) is 4.11. The SMILES string of the molecule is CC(C)[C@@H]1CC[C@@H](C)C[C@@]1(O)C=CCOC(C)(C)C. The van der Waals surface area contributed by atoms with Gasteiger partial charge in [0.05, 0.1) is 17.8 Å². The van der Waals surface area contributed by atoms with Gasteiger partial charge in [-0.1, -0.05) is 39.3 Å². The fourth-order valence-electron chi connectivity index (χ4n) is 3.18. The number of ether oxygens (including phenoxy) is 1. The molecule has 0 aliphatic heterocycles. The standard InChI is InChI=1S/C17H32O2/c1-13(2)15-9-8-14(3)12-17(15,18)10-7-11-19-16(4,5)6/h7,10,13-15,18H,8-9,11-12H2,1-6H3/t14-,15+,17+/m1/s1. The van der Waals surface area contributed by atoms with Crippen molar-refractivity contribution in [2.24, 2.45) is 17.8 Å². The summed E-state index contributed by atoms with van der Waals surface area (Å²) >= 11 is 0. The number of rotatable bonds is 4. The van der Waals surface area contributed by atoms with E-state index in [9.17, 15) is 5.11 Å². The zero-order chi connectivity index (χ0) is 14.7. The summed E-state index contributed by atoms with van der Waals surface area (Å²) in [5.74, 6) is 1.49. The third-order valence-corrected chi connectivity index (χ3v) is 4.11. The first-order valence-electron chi connectivity index (χ1n) is 7.68. The lowest BCUT2D eigenvalue weighted by atomic mass is 9.67. The van der Waals surface area contributed by atoms with Crippen LogP contribution in [0.3, 0.4) is 0 Å². The Balaban J connectivity index is 2.66. The molecule has 1 aliphatic carbocycles. The molecule has 1 saturated carbocycles. The Hall–Kier alpha value is -0.340. The van der Waals surface area contributed by atoms with Gasteiger partial charge in [-0.25, -0.2) is 0 Å². The Morgan fingerprint density at radius 1 is 1.32 bits per heavy atom. The van der Waals surface area contributed by atoms with Crippen LogP contribution in [0.15, 0.2) is 12.2 Å². The first-order valence-corrected chi connectivity index (χ1v) is 7.68. The lowest BCUT2D eigenvalue weighted by Crippen LogP contribution is -2.44. The van der Waals surface area contributed by atoms with Gasteiger partial charge in [-0.15, -0.1) is 0 Å². The second kappa shape index (κ2) is 6.41. The molecular formula is C17H32O2. The first kappa shape index (κ1) is 16.7. The molecule has 0 saturated heterocycles. The van der Waals surface area contributed by atoms with Crippen LogP contribution in [0.25, 0.3) is 0 Å². The zero-order valence-corrected chi connectivity index (χ0v) is 13.6. The molecule has 19 heavy (non-hydrogen) atoms. The van der Waals surface area contributed by atoms with E-state index in [1.54, 1.807) is 0 Å². The second-order valence-corrected chi connectivity index (χ2v) is 7.55. The molecule has 0 unspecified atom stereocenters. The average Bonchev–Trinajstić information content (AvgIpc) is 2.22. The highest BCUT2D eigenvalue weighted by Gasteiger charge is 2.40. The highest BCUT2D eigenvalue weighted by molar-refractivity contribution is 5.08. The summed E-state index contributed by atoms with van der Waals surface area (Å²) in [7, 11) is 0. The summed E-state index contributed by atoms with van der Waals surface area (Å²) in [6.45, 7) is 13.4. The van der Waals surface area contributed by atoms with Crippen molar-refractivity contribution in [2.45, 2.75) is 72.0 Å². The maximum absolute atomic E-state index is 11.0. The van der Waals surface area contributed by atoms with Crippen LogP contribution in [-0.4, -0.2) is 22.9 Å². The topological polar surface area (TPSA) is 29.5 Å². The van der Waals surface area contributed by atoms with Crippen LogP contribution in [0.1, 0.15) is 60.8 Å². The van der Waals surface area contributed by atoms with E-state index in [4.69, 9.17) is 4.74 Å². The molecule has 1 N–H and O–H groups in total. The maximum atomic E-state index is 11.0. The van der Waals surface area contributed by atoms with E-state index < -0.39 is 5.60 Å². The fourth-order valence-corrected chi connectivity index (χ4v) is 3.18. The van der Waals surface area contributed by atoms with Crippen LogP contribution in [0.5, 0.6) is 0 Å². The third kappa shape index (κ3) is 5.27. The van der Waals surface area contributed by atoms with Crippen molar-refractivity contribution in [2.75, 3.05) is 6.61 Å². The van der Waals surface area contributed by atoms with E-state index in [1.807, 2.05) is 12.2 Å². The number of hydrogen-bond donors (Lipinski definition) is 1. The van der Waals surface area contributed by atoms with Crippen LogP contribution >= 0.6 is 0 Å². The van der Waals surface area contributed by atoms with Crippen molar-refractivity contribution in [1.82, 2.24) is 0 Å². The molecule has 1 rings (SSSR count). The smallest absolute Gasteiger partial charge is 0.0861 e. The van der Waals surface area contributed by atoms with Crippen molar-refractivity contribution >= 4 is 0 Å². The Kier molecular flexibility index (Phi) is 5.64. The van der Waals surface area contributed by atoms with Gasteiger partial charge >= 0.3 is 0 Å². The summed E-state index contributed by atoms with van der Waals surface area (Å²) in [6, 6.07) is 0. The first-order chi connectivity index (χ1) is 8.64. The van der Waals surface area contributed by atoms with Gasteiger partial charge in [0, 0.05) is 0 Å². The fraction of sp³-hybridized carbons (Fsp3) is 0.882. The van der Waals surface area contributed by atoms with Gasteiger partial charge in [-0.05, 0) is 51.4 Å². The molecule has 3 atom stereocenters. The summed E-state index contributed by atoms with van der Waals surface area (Å²) in [5, 5.41) is 11.0. The highest BCUT2D eigenvalue weighted by Crippen LogP contribution is 2.41. The molecule has 0 aromatic rings. The van der Waals surface area contributed by atoms with Gasteiger partial charge < -0.3 is 9.84 Å². The van der Waals surface area contributed by atoms with Crippen molar-refractivity contribution in [3.63, 3.8) is 0 Å². The average molecular weight is 268 g/mol. The van der Waals surface area contributed by atoms with Gasteiger partial charge in [0.15, 0.2) is 0 Å². The van der Waals surface area contributed by atoms with Crippen LogP contribution in [0.4, 0.5) is 0 Å². The number of hydrogen-bond acceptors (Lipinski definition) is 2. The summed E-state index contributed by atoms with van der Waals surface area (Å²) in [6.07, 6.45) is 7.23. The Labute approximate surface area is 119 Å². The predicted octanol–water partition coefficient (Wildman–Crippen LogP) is 4.18. The van der Waals surface area contributed by atoms with Crippen molar-refractivity contribution in [3.8, 4) is 0 Å². The molecule has 0 radical (unpaired) electrons. The molecule has 0 bridgehead atoms. The molecule has 2 heteroatoms. The van der Waals surface area contributed by atoms with Gasteiger partial charge in [-0.3, -0.25) is 0 Å². The highest BCUT2D eigenvalue weighted by atomic mass is 16.5. The Bertz CT molecular complexity index is 301. The molecule has 0 aromatic carbocycles. The van der Waals surface area contributed by atoms with Gasteiger partial charge in [-0.2, -0.15) is 0 Å². The van der Waals surface area contributed by atoms with Crippen LogP contribution in [-0.2, 0) is 4.74 Å². The van der Waals surface area contributed by atoms with E-state index in [1.165, 1.54) is 6.42 Å². The van der Waals surface area contributed by atoms with E-state index in [0.29, 0.717) is 24.4 Å². The van der Waals surface area contributed by atoms with Gasteiger partial charge in [0.25, 0.3) is 0 Å². The van der Waals surface area contributed by atoms with E-state index in [-0.39, 0.29) is 5.60 Å². The quantitative estimate of drug-likeness (QED) is 0.775. The monoisotopic (exact) mass is 268 g/mol. The minimum atomic E-state index is -0.646. The Morgan fingerprint density at radius 2 is 1.95 bits per heavy atom. The normalized spacial score (nSPS) is 33.3. The lowest BCUT2D eigenvalue weighted by Gasteiger charge is -2.43. The summed E-state index contributed by atoms with van der Waals surface area (Å²) < 4.78 is 5.69. The number of aliphatic hydroxyl groups is 1. The van der Waals surface area contributed by atoms with E-state index in [0.717, 1.165) is 12.8 Å². The van der Waals surface area contributed by atoms with Gasteiger partial charge in [0.2, 0.25) is 0 Å². The molecular weight excluding hydrogens is 236 g/mol. The second-order valence-electron chi connectivity index (χ2n) is 7.55. The predicted molar refractivity (Wildman–Crippen MR) is 81.1 cm³/mol. The molecule has 0 spiro atoms. The van der Waals surface area contributed by atoms with Crippen LogP contribution in [0.2, 0.25) is 0 Å². The Morgan fingerprint density at radius 3 is 2.47 bits per heavy atom. The minimum Gasteiger partial charge on any atom is -0.385 e. The lowest BCUT2D eigenvalue weighted by molar-refractivity contribution is -0.0421. The molecule has 1 aliphatic rings. The molecule has 2 nitrogen and oxygen atoms in total. The van der Waals surface area contributed by atoms with Crippen molar-refractivity contribution in [3.05, 3.63) is 12.2 Å². The molecule has 1 fully saturated rings. The summed E-state index contributed by atoms with van der Waals surface area (Å²) in [5.41, 5.74) is -0.767. The molecule has 112 valence electrons. The minimum absolute atomic E-state index is 0.121. The maximum Gasteiger partial charge on any atom is 0.0861 e. The van der Waals surface area contributed by atoms with Crippen LogP contribution < -0.4 is 0 Å². The van der Waals surface area contributed by atoms with E-state index in [2.05, 4.69) is 41.5 Å². The van der Waals surface area contributed by atoms with E-state index >= 15 is 0 Å². The molecule has 0 heterocycles. The largest absolute Gasteiger partial charge is 0.385 e. The summed E-state index contributed by atoms with van der Waals surface area (Å²) in [4.78, 5) is 0.